The van der Waals surface area contributed by atoms with Crippen LogP contribution in [0.25, 0.3) is 10.9 Å². The van der Waals surface area contributed by atoms with Crippen LogP contribution in [0.15, 0.2) is 60.8 Å². The summed E-state index contributed by atoms with van der Waals surface area (Å²) >= 11 is 0. The molecule has 0 saturated heterocycles. The summed E-state index contributed by atoms with van der Waals surface area (Å²) < 4.78 is 7.92. The highest BCUT2D eigenvalue weighted by molar-refractivity contribution is 6.09. The lowest BCUT2D eigenvalue weighted by molar-refractivity contribution is 0.0969. The number of fused-ring (bicyclic) bond motifs is 1. The van der Waals surface area contributed by atoms with E-state index in [0.717, 1.165) is 41.6 Å². The summed E-state index contributed by atoms with van der Waals surface area (Å²) in [5.74, 6) is 1.41. The summed E-state index contributed by atoms with van der Waals surface area (Å²) in [7, 11) is 0. The lowest BCUT2D eigenvalue weighted by Crippen LogP contribution is -2.07. The Morgan fingerprint density at radius 1 is 1.04 bits per heavy atom. The van der Waals surface area contributed by atoms with Crippen LogP contribution in [0, 0.1) is 5.92 Å². The number of nitrogens with zero attached hydrogens (tertiary/aromatic N) is 1. The van der Waals surface area contributed by atoms with Gasteiger partial charge in [-0.3, -0.25) is 4.79 Å². The minimum absolute atomic E-state index is 0.245. The number of carbonyl (C=O) groups excluding carboxylic acids is 1. The van der Waals surface area contributed by atoms with Gasteiger partial charge in [0.2, 0.25) is 0 Å². The molecule has 3 aromatic rings. The van der Waals surface area contributed by atoms with E-state index in [1.165, 1.54) is 0 Å². The van der Waals surface area contributed by atoms with E-state index >= 15 is 0 Å². The van der Waals surface area contributed by atoms with Crippen molar-refractivity contribution in [3.8, 4) is 5.75 Å². The molecule has 116 valence electrons. The van der Waals surface area contributed by atoms with Crippen molar-refractivity contribution < 1.29 is 9.53 Å². The van der Waals surface area contributed by atoms with Gasteiger partial charge in [-0.2, -0.15) is 0 Å². The first kappa shape index (κ1) is 14.1. The molecule has 0 radical (unpaired) electrons. The molecule has 0 amide bonds. The van der Waals surface area contributed by atoms with Crippen LogP contribution in [0.4, 0.5) is 0 Å². The van der Waals surface area contributed by atoms with Crippen LogP contribution >= 0.6 is 0 Å². The van der Waals surface area contributed by atoms with Crippen molar-refractivity contribution in [3.63, 3.8) is 0 Å². The van der Waals surface area contributed by atoms with Gasteiger partial charge in [0.25, 0.3) is 0 Å². The van der Waals surface area contributed by atoms with Crippen molar-refractivity contribution in [3.05, 3.63) is 66.4 Å². The van der Waals surface area contributed by atoms with Gasteiger partial charge in [0, 0.05) is 28.6 Å². The zero-order chi connectivity index (χ0) is 15.6. The molecule has 0 N–H and O–H groups in total. The number of para-hydroxylation sites is 2. The summed E-state index contributed by atoms with van der Waals surface area (Å²) in [6, 6.07) is 17.9. The Labute approximate surface area is 135 Å². The number of hydrogen-bond acceptors (Lipinski definition) is 2. The summed E-state index contributed by atoms with van der Waals surface area (Å²) in [5, 5.41) is 1.06. The third kappa shape index (κ3) is 2.87. The van der Waals surface area contributed by atoms with Crippen molar-refractivity contribution in [2.24, 2.45) is 5.92 Å². The van der Waals surface area contributed by atoms with Gasteiger partial charge in [-0.25, -0.2) is 0 Å². The highest BCUT2D eigenvalue weighted by Crippen LogP contribution is 2.35. The zero-order valence-electron chi connectivity index (χ0n) is 12.9. The Balaban J connectivity index is 1.56. The predicted octanol–water partition coefficient (Wildman–Crippen LogP) is 4.31. The van der Waals surface area contributed by atoms with Crippen LogP contribution in [0.1, 0.15) is 23.2 Å². The van der Waals surface area contributed by atoms with E-state index in [1.54, 1.807) is 0 Å². The normalized spacial score (nSPS) is 14.1. The van der Waals surface area contributed by atoms with E-state index in [9.17, 15) is 4.79 Å². The van der Waals surface area contributed by atoms with Crippen molar-refractivity contribution >= 4 is 16.7 Å². The number of ether oxygens (including phenoxy) is 1. The Hall–Kier alpha value is -2.55. The predicted molar refractivity (Wildman–Crippen MR) is 90.9 cm³/mol. The molecular formula is C20H19NO2. The maximum Gasteiger partial charge on any atom is 0.168 e. The number of ketones is 1. The lowest BCUT2D eigenvalue weighted by atomic mass is 10.1. The molecule has 1 aromatic heterocycles. The second kappa shape index (κ2) is 5.92. The molecule has 3 heteroatoms. The van der Waals surface area contributed by atoms with Gasteiger partial charge < -0.3 is 9.30 Å². The molecule has 0 aliphatic heterocycles. The number of hydrogen-bond donors (Lipinski definition) is 0. The van der Waals surface area contributed by atoms with Gasteiger partial charge in [0.1, 0.15) is 12.4 Å². The summed E-state index contributed by atoms with van der Waals surface area (Å²) in [6.07, 6.45) is 4.07. The third-order valence-corrected chi connectivity index (χ3v) is 4.35. The van der Waals surface area contributed by atoms with Gasteiger partial charge in [-0.15, -0.1) is 0 Å². The maximum atomic E-state index is 12.5. The van der Waals surface area contributed by atoms with Gasteiger partial charge >= 0.3 is 0 Å². The molecule has 0 atom stereocenters. The van der Waals surface area contributed by atoms with E-state index in [-0.39, 0.29) is 5.92 Å². The topological polar surface area (TPSA) is 31.2 Å². The zero-order valence-corrected chi connectivity index (χ0v) is 12.9. The molecule has 4 rings (SSSR count). The fourth-order valence-corrected chi connectivity index (χ4v) is 2.97. The van der Waals surface area contributed by atoms with Crippen molar-refractivity contribution in [1.29, 1.82) is 0 Å². The Morgan fingerprint density at radius 2 is 1.78 bits per heavy atom. The molecule has 1 aliphatic rings. The van der Waals surface area contributed by atoms with Crippen LogP contribution < -0.4 is 4.74 Å². The van der Waals surface area contributed by atoms with Gasteiger partial charge in [0.05, 0.1) is 6.54 Å². The van der Waals surface area contributed by atoms with Crippen molar-refractivity contribution in [1.82, 2.24) is 4.57 Å². The number of aromatic nitrogens is 1. The van der Waals surface area contributed by atoms with Crippen LogP contribution in [0.3, 0.4) is 0 Å². The fraction of sp³-hybridized carbons (Fsp3) is 0.250. The molecule has 1 fully saturated rings. The van der Waals surface area contributed by atoms with E-state index in [4.69, 9.17) is 4.74 Å². The van der Waals surface area contributed by atoms with Gasteiger partial charge in [0.15, 0.2) is 5.78 Å². The standard InChI is InChI=1S/C20H19NO2/c22-20(15-10-11-15)18-14-21(19-9-5-4-8-17(18)19)12-13-23-16-6-2-1-3-7-16/h1-9,14-15H,10-13H2. The SMILES string of the molecule is O=C(c1cn(CCOc2ccccc2)c2ccccc12)C1CC1. The second-order valence-electron chi connectivity index (χ2n) is 6.05. The van der Waals surface area contributed by atoms with Crippen molar-refractivity contribution in [2.75, 3.05) is 6.61 Å². The van der Waals surface area contributed by atoms with Crippen LogP contribution in [-0.2, 0) is 6.54 Å². The average Bonchev–Trinajstić information content (AvgIpc) is 3.38. The first-order chi connectivity index (χ1) is 11.3. The maximum absolute atomic E-state index is 12.5. The summed E-state index contributed by atoms with van der Waals surface area (Å²) in [4.78, 5) is 12.5. The number of carbonyl (C=O) groups is 1. The molecule has 1 aliphatic carbocycles. The van der Waals surface area contributed by atoms with Gasteiger partial charge in [-0.1, -0.05) is 36.4 Å². The molecule has 3 nitrogen and oxygen atoms in total. The summed E-state index contributed by atoms with van der Waals surface area (Å²) in [6.45, 7) is 1.31. The second-order valence-corrected chi connectivity index (χ2v) is 6.05. The fourth-order valence-electron chi connectivity index (χ4n) is 2.97. The molecule has 23 heavy (non-hydrogen) atoms. The molecule has 1 saturated carbocycles. The quantitative estimate of drug-likeness (QED) is 0.635. The third-order valence-electron chi connectivity index (χ3n) is 4.35. The van der Waals surface area contributed by atoms with Crippen molar-refractivity contribution in [2.45, 2.75) is 19.4 Å². The van der Waals surface area contributed by atoms with E-state index in [1.807, 2.05) is 54.7 Å². The first-order valence-corrected chi connectivity index (χ1v) is 8.13. The van der Waals surface area contributed by atoms with Gasteiger partial charge in [-0.05, 0) is 31.0 Å². The molecule has 0 bridgehead atoms. The Kier molecular flexibility index (Phi) is 3.62. The number of rotatable bonds is 6. The Bertz CT molecular complexity index is 831. The number of benzene rings is 2. The first-order valence-electron chi connectivity index (χ1n) is 8.13. The largest absolute Gasteiger partial charge is 0.492 e. The number of Topliss-reactive ketones (excluding diaryl/α,β-unsaturated/α-hetero) is 1. The minimum atomic E-state index is 0.245. The molecule has 1 heterocycles. The summed E-state index contributed by atoms with van der Waals surface area (Å²) in [5.41, 5.74) is 1.97. The lowest BCUT2D eigenvalue weighted by Gasteiger charge is -2.08. The average molecular weight is 305 g/mol. The highest BCUT2D eigenvalue weighted by Gasteiger charge is 2.32. The Morgan fingerprint density at radius 3 is 2.57 bits per heavy atom. The molecule has 0 unspecified atom stereocenters. The van der Waals surface area contributed by atoms with E-state index < -0.39 is 0 Å². The van der Waals surface area contributed by atoms with E-state index in [0.29, 0.717) is 12.4 Å². The molecule has 2 aromatic carbocycles. The van der Waals surface area contributed by atoms with Crippen LogP contribution in [0.2, 0.25) is 0 Å². The highest BCUT2D eigenvalue weighted by atomic mass is 16.5. The smallest absolute Gasteiger partial charge is 0.168 e. The van der Waals surface area contributed by atoms with E-state index in [2.05, 4.69) is 10.6 Å². The molecular weight excluding hydrogens is 286 g/mol. The van der Waals surface area contributed by atoms with Crippen LogP contribution in [0.5, 0.6) is 5.75 Å². The monoisotopic (exact) mass is 305 g/mol. The molecule has 0 spiro atoms. The minimum Gasteiger partial charge on any atom is -0.492 e. The van der Waals surface area contributed by atoms with Crippen LogP contribution in [-0.4, -0.2) is 17.0 Å².